The van der Waals surface area contributed by atoms with Crippen LogP contribution in [0.4, 0.5) is 0 Å². The van der Waals surface area contributed by atoms with Crippen molar-refractivity contribution in [2.45, 2.75) is 63.2 Å². The van der Waals surface area contributed by atoms with Crippen molar-refractivity contribution in [2.24, 2.45) is 5.92 Å². The number of carbonyl (C=O) groups excluding carboxylic acids is 2. The van der Waals surface area contributed by atoms with Gasteiger partial charge in [0.15, 0.2) is 10.8 Å². The van der Waals surface area contributed by atoms with E-state index < -0.39 is 40.0 Å². The lowest BCUT2D eigenvalue weighted by Gasteiger charge is -2.27. The third-order valence-corrected chi connectivity index (χ3v) is 8.62. The zero-order valence-corrected chi connectivity index (χ0v) is 23.9. The summed E-state index contributed by atoms with van der Waals surface area (Å²) in [6.45, 7) is 5.57. The minimum atomic E-state index is -3.91. The number of nitrogens with zero attached hydrogens (tertiary/aromatic N) is 2. The number of pyridine rings is 1. The number of aliphatic hydroxyl groups excluding tert-OH is 1. The van der Waals surface area contributed by atoms with Gasteiger partial charge in [0.2, 0.25) is 5.91 Å². The first-order valence-electron chi connectivity index (χ1n) is 13.3. The fourth-order valence-corrected chi connectivity index (χ4v) is 6.26. The molecule has 2 unspecified atom stereocenters. The first-order chi connectivity index (χ1) is 19.0. The maximum absolute atomic E-state index is 13.3. The Morgan fingerprint density at radius 2 is 2.00 bits per heavy atom. The van der Waals surface area contributed by atoms with E-state index in [9.17, 15) is 23.1 Å². The zero-order chi connectivity index (χ0) is 29.0. The van der Waals surface area contributed by atoms with Gasteiger partial charge in [-0.25, -0.2) is 13.4 Å². The van der Waals surface area contributed by atoms with Crippen LogP contribution in [0.5, 0.6) is 5.75 Å². The molecule has 1 aliphatic heterocycles. The lowest BCUT2D eigenvalue weighted by Crippen LogP contribution is -2.54. The Bertz CT molecular complexity index is 1470. The number of aromatic nitrogens is 1. The van der Waals surface area contributed by atoms with E-state index in [0.717, 1.165) is 0 Å². The van der Waals surface area contributed by atoms with Crippen LogP contribution in [0.2, 0.25) is 0 Å². The zero-order valence-electron chi connectivity index (χ0n) is 23.1. The molecule has 1 fully saturated rings. The number of fused-ring (bicyclic) bond motifs is 1. The number of sulfonamides is 1. The van der Waals surface area contributed by atoms with Crippen molar-refractivity contribution in [2.75, 3.05) is 20.2 Å². The first kappa shape index (κ1) is 29.5. The summed E-state index contributed by atoms with van der Waals surface area (Å²) in [5.74, 6) is -0.232. The number of aliphatic hydroxyl groups is 1. The lowest BCUT2D eigenvalue weighted by molar-refractivity contribution is -0.125. The van der Waals surface area contributed by atoms with Gasteiger partial charge in [0.05, 0.1) is 19.3 Å². The Labute approximate surface area is 234 Å². The quantitative estimate of drug-likeness (QED) is 0.354. The largest absolute Gasteiger partial charge is 0.497 e. The lowest BCUT2D eigenvalue weighted by atomic mass is 10.0. The number of aryl methyl sites for hydroxylation is 1. The van der Waals surface area contributed by atoms with E-state index in [1.807, 2.05) is 13.8 Å². The van der Waals surface area contributed by atoms with Gasteiger partial charge in [-0.2, -0.15) is 4.31 Å². The summed E-state index contributed by atoms with van der Waals surface area (Å²) in [6.07, 6.45) is 0.00490. The molecule has 1 aliphatic rings. The van der Waals surface area contributed by atoms with E-state index in [-0.39, 0.29) is 29.8 Å². The first-order valence-corrected chi connectivity index (χ1v) is 14.7. The summed E-state index contributed by atoms with van der Waals surface area (Å²) in [5.41, 5.74) is 1.08. The average Bonchev–Trinajstić information content (AvgIpc) is 3.25. The number of nitrogens with one attached hydrogen (secondary N) is 2. The summed E-state index contributed by atoms with van der Waals surface area (Å²) < 4.78 is 38.4. The topological polar surface area (TPSA) is 151 Å². The molecule has 11 nitrogen and oxygen atoms in total. The van der Waals surface area contributed by atoms with Crippen LogP contribution in [0.15, 0.2) is 51.9 Å². The fraction of sp³-hybridized carbons (Fsp3) is 0.464. The molecule has 2 aromatic heterocycles. The Hall–Kier alpha value is -3.48. The Morgan fingerprint density at radius 3 is 2.70 bits per heavy atom. The highest BCUT2D eigenvalue weighted by molar-refractivity contribution is 7.89. The number of methoxy groups -OCH3 is 1. The third-order valence-electron chi connectivity index (χ3n) is 6.85. The standard InChI is InChI=1S/C28H36N4O7S/c1-17(2)13-22(31-28(35)25-15-19-14-20(38-4)10-11-24(19)39-25)27(34)30-21-8-6-12-32(16-23(21)33)40(36,37)26-9-5-7-18(3)29-26/h5,7,9-11,14-15,17,21-23,33H,6,8,12-13,16H2,1-4H3,(H,30,34)(H,31,35)/t21?,22-,23?/m0/s1. The molecule has 0 saturated carbocycles. The van der Waals surface area contributed by atoms with Crippen LogP contribution < -0.4 is 15.4 Å². The number of β-amino-alcohol motifs (C(OH)–C–C–N with tert-alkyl or cyclic N) is 1. The fourth-order valence-electron chi connectivity index (χ4n) is 4.76. The van der Waals surface area contributed by atoms with Crippen LogP contribution in [0.25, 0.3) is 11.0 Å². The number of benzene rings is 1. The molecule has 0 spiro atoms. The van der Waals surface area contributed by atoms with Crippen molar-refractivity contribution in [1.29, 1.82) is 0 Å². The van der Waals surface area contributed by atoms with Crippen LogP contribution in [-0.4, -0.2) is 73.0 Å². The second kappa shape index (κ2) is 12.4. The van der Waals surface area contributed by atoms with E-state index in [1.54, 1.807) is 50.4 Å². The van der Waals surface area contributed by atoms with E-state index in [4.69, 9.17) is 9.15 Å². The molecule has 3 heterocycles. The Morgan fingerprint density at radius 1 is 1.23 bits per heavy atom. The molecule has 0 radical (unpaired) electrons. The molecular weight excluding hydrogens is 536 g/mol. The number of amides is 2. The van der Waals surface area contributed by atoms with Gasteiger partial charge in [-0.15, -0.1) is 0 Å². The van der Waals surface area contributed by atoms with Crippen LogP contribution in [0, 0.1) is 12.8 Å². The van der Waals surface area contributed by atoms with E-state index in [2.05, 4.69) is 15.6 Å². The number of carbonyl (C=O) groups is 2. The number of hydrogen-bond donors (Lipinski definition) is 3. The second-order valence-corrected chi connectivity index (χ2v) is 12.4. The molecular formula is C28H36N4O7S. The minimum absolute atomic E-state index is 0.0601. The molecule has 40 heavy (non-hydrogen) atoms. The normalized spacial score (nSPS) is 19.2. The average molecular weight is 573 g/mol. The van der Waals surface area contributed by atoms with Gasteiger partial charge in [-0.05, 0) is 68.5 Å². The molecule has 0 bridgehead atoms. The number of ether oxygens (including phenoxy) is 1. The van der Waals surface area contributed by atoms with Crippen LogP contribution >= 0.6 is 0 Å². The van der Waals surface area contributed by atoms with Gasteiger partial charge < -0.3 is 24.9 Å². The van der Waals surface area contributed by atoms with E-state index in [0.29, 0.717) is 41.7 Å². The second-order valence-electron chi connectivity index (χ2n) is 10.5. The van der Waals surface area contributed by atoms with E-state index in [1.165, 1.54) is 10.4 Å². The van der Waals surface area contributed by atoms with Crippen molar-refractivity contribution >= 4 is 32.8 Å². The van der Waals surface area contributed by atoms with Crippen LogP contribution in [0.1, 0.15) is 49.4 Å². The molecule has 3 atom stereocenters. The maximum Gasteiger partial charge on any atom is 0.287 e. The highest BCUT2D eigenvalue weighted by atomic mass is 32.2. The molecule has 12 heteroatoms. The van der Waals surface area contributed by atoms with Crippen molar-refractivity contribution in [1.82, 2.24) is 19.9 Å². The van der Waals surface area contributed by atoms with Crippen molar-refractivity contribution in [3.63, 3.8) is 0 Å². The van der Waals surface area contributed by atoms with Crippen molar-refractivity contribution < 1.29 is 32.3 Å². The van der Waals surface area contributed by atoms with Gasteiger partial charge in [-0.1, -0.05) is 19.9 Å². The highest BCUT2D eigenvalue weighted by Gasteiger charge is 2.35. The van der Waals surface area contributed by atoms with Crippen molar-refractivity contribution in [3.05, 3.63) is 53.9 Å². The van der Waals surface area contributed by atoms with Crippen LogP contribution in [0.3, 0.4) is 0 Å². The molecule has 216 valence electrons. The van der Waals surface area contributed by atoms with Gasteiger partial charge in [0.25, 0.3) is 15.9 Å². The Kier molecular flexibility index (Phi) is 9.12. The number of furan rings is 1. The summed E-state index contributed by atoms with van der Waals surface area (Å²) in [6, 6.07) is 9.95. The van der Waals surface area contributed by atoms with Gasteiger partial charge >= 0.3 is 0 Å². The number of rotatable bonds is 9. The third kappa shape index (κ3) is 6.80. The molecule has 0 aliphatic carbocycles. The Balaban J connectivity index is 1.44. The van der Waals surface area contributed by atoms with Gasteiger partial charge in [-0.3, -0.25) is 9.59 Å². The molecule has 4 rings (SSSR count). The summed E-state index contributed by atoms with van der Waals surface area (Å²) in [5, 5.41) is 17.1. The molecule has 3 N–H and O–H groups in total. The van der Waals surface area contributed by atoms with Crippen LogP contribution in [-0.2, 0) is 14.8 Å². The predicted octanol–water partition coefficient (Wildman–Crippen LogP) is 2.62. The highest BCUT2D eigenvalue weighted by Crippen LogP contribution is 2.25. The maximum atomic E-state index is 13.3. The van der Waals surface area contributed by atoms with Crippen molar-refractivity contribution in [3.8, 4) is 5.75 Å². The molecule has 3 aromatic rings. The summed E-state index contributed by atoms with van der Waals surface area (Å²) in [7, 11) is -2.36. The smallest absolute Gasteiger partial charge is 0.287 e. The summed E-state index contributed by atoms with van der Waals surface area (Å²) >= 11 is 0. The molecule has 1 aromatic carbocycles. The molecule has 2 amide bonds. The number of hydrogen-bond acceptors (Lipinski definition) is 8. The summed E-state index contributed by atoms with van der Waals surface area (Å²) in [4.78, 5) is 30.5. The monoisotopic (exact) mass is 572 g/mol. The van der Waals surface area contributed by atoms with Gasteiger partial charge in [0, 0.05) is 24.2 Å². The van der Waals surface area contributed by atoms with E-state index >= 15 is 0 Å². The predicted molar refractivity (Wildman–Crippen MR) is 148 cm³/mol. The SMILES string of the molecule is COc1ccc2oc(C(=O)N[C@@H](CC(C)C)C(=O)NC3CCCN(S(=O)(=O)c4cccc(C)n4)CC3O)cc2c1. The molecule has 1 saturated heterocycles. The minimum Gasteiger partial charge on any atom is -0.497 e. The van der Waals surface area contributed by atoms with Gasteiger partial charge in [0.1, 0.15) is 17.4 Å².